The second kappa shape index (κ2) is 10.1. The van der Waals surface area contributed by atoms with E-state index in [0.29, 0.717) is 25.1 Å². The monoisotopic (exact) mass is 422 g/mol. The lowest BCUT2D eigenvalue weighted by Gasteiger charge is -2.21. The maximum atomic E-state index is 12.8. The van der Waals surface area contributed by atoms with E-state index in [1.165, 1.54) is 0 Å². The van der Waals surface area contributed by atoms with Gasteiger partial charge in [0.2, 0.25) is 5.91 Å². The quantitative estimate of drug-likeness (QED) is 0.566. The molecule has 0 aliphatic heterocycles. The molecule has 0 saturated carbocycles. The van der Waals surface area contributed by atoms with Crippen molar-refractivity contribution in [2.45, 2.75) is 46.6 Å². The maximum absolute atomic E-state index is 12.8. The standard InChI is InChI=1S/C24H30N4O3/c1-5-7-14-27(17(3)29)24-21(6-2)26-22-13-10-19(16-28(22)24)23(30)25-15-18-8-11-20(31-4)12-9-18/h8-13,16H,5-7,14-15H2,1-4H3,(H,25,30). The molecule has 3 rings (SSSR count). The summed E-state index contributed by atoms with van der Waals surface area (Å²) in [6, 6.07) is 11.2. The summed E-state index contributed by atoms with van der Waals surface area (Å²) in [5.74, 6) is 1.32. The summed E-state index contributed by atoms with van der Waals surface area (Å²) in [6.07, 6.45) is 4.35. The summed E-state index contributed by atoms with van der Waals surface area (Å²) in [4.78, 5) is 31.6. The van der Waals surface area contributed by atoms with E-state index in [1.54, 1.807) is 31.2 Å². The predicted molar refractivity (Wildman–Crippen MR) is 122 cm³/mol. The van der Waals surface area contributed by atoms with Gasteiger partial charge in [0.05, 0.1) is 18.4 Å². The first-order chi connectivity index (χ1) is 15.0. The molecule has 0 saturated heterocycles. The van der Waals surface area contributed by atoms with Gasteiger partial charge in [-0.1, -0.05) is 32.4 Å². The van der Waals surface area contributed by atoms with Gasteiger partial charge < -0.3 is 10.1 Å². The van der Waals surface area contributed by atoms with Gasteiger partial charge in [0.15, 0.2) is 0 Å². The van der Waals surface area contributed by atoms with Gasteiger partial charge in [-0.2, -0.15) is 0 Å². The number of rotatable bonds is 9. The van der Waals surface area contributed by atoms with E-state index in [1.807, 2.05) is 41.7 Å². The molecule has 2 amide bonds. The molecule has 7 nitrogen and oxygen atoms in total. The number of imidazole rings is 1. The summed E-state index contributed by atoms with van der Waals surface area (Å²) in [5, 5.41) is 2.95. The molecule has 164 valence electrons. The van der Waals surface area contributed by atoms with Crippen LogP contribution >= 0.6 is 0 Å². The lowest BCUT2D eigenvalue weighted by atomic mass is 10.2. The molecule has 2 aromatic heterocycles. The van der Waals surface area contributed by atoms with Crippen LogP contribution in [-0.2, 0) is 17.8 Å². The van der Waals surface area contributed by atoms with Crippen LogP contribution in [0.25, 0.3) is 5.65 Å². The lowest BCUT2D eigenvalue weighted by molar-refractivity contribution is -0.116. The molecule has 0 spiro atoms. The zero-order chi connectivity index (χ0) is 22.4. The summed E-state index contributed by atoms with van der Waals surface area (Å²) >= 11 is 0. The van der Waals surface area contributed by atoms with E-state index in [4.69, 9.17) is 4.74 Å². The Bertz CT molecular complexity index is 1060. The Morgan fingerprint density at radius 3 is 2.48 bits per heavy atom. The van der Waals surface area contributed by atoms with Crippen LogP contribution in [0.1, 0.15) is 55.2 Å². The molecule has 3 aromatic rings. The van der Waals surface area contributed by atoms with Crippen LogP contribution in [0.3, 0.4) is 0 Å². The molecule has 1 N–H and O–H groups in total. The zero-order valence-electron chi connectivity index (χ0n) is 18.6. The van der Waals surface area contributed by atoms with Gasteiger partial charge >= 0.3 is 0 Å². The number of hydrogen-bond acceptors (Lipinski definition) is 4. The number of methoxy groups -OCH3 is 1. The Kier molecular flexibility index (Phi) is 7.28. The predicted octanol–water partition coefficient (Wildman–Crippen LogP) is 3.99. The van der Waals surface area contributed by atoms with Gasteiger partial charge in [0.25, 0.3) is 5.91 Å². The van der Waals surface area contributed by atoms with Crippen molar-refractivity contribution >= 4 is 23.3 Å². The zero-order valence-corrected chi connectivity index (χ0v) is 18.6. The van der Waals surface area contributed by atoms with Crippen LogP contribution in [-0.4, -0.2) is 34.9 Å². The van der Waals surface area contributed by atoms with Crippen molar-refractivity contribution in [2.75, 3.05) is 18.6 Å². The third-order valence-corrected chi connectivity index (χ3v) is 5.24. The van der Waals surface area contributed by atoms with Crippen molar-refractivity contribution in [2.24, 2.45) is 0 Å². The fourth-order valence-electron chi connectivity index (χ4n) is 3.49. The number of ether oxygens (including phenoxy) is 1. The van der Waals surface area contributed by atoms with Gasteiger partial charge in [-0.25, -0.2) is 4.98 Å². The Morgan fingerprint density at radius 2 is 1.87 bits per heavy atom. The first-order valence-electron chi connectivity index (χ1n) is 10.7. The second-order valence-corrected chi connectivity index (χ2v) is 7.44. The minimum Gasteiger partial charge on any atom is -0.497 e. The number of unbranched alkanes of at least 4 members (excludes halogenated alkanes) is 1. The van der Waals surface area contributed by atoms with Crippen molar-refractivity contribution in [1.82, 2.24) is 14.7 Å². The van der Waals surface area contributed by atoms with Crippen LogP contribution < -0.4 is 15.0 Å². The van der Waals surface area contributed by atoms with Crippen LogP contribution in [0.5, 0.6) is 5.75 Å². The van der Waals surface area contributed by atoms with E-state index >= 15 is 0 Å². The van der Waals surface area contributed by atoms with Crippen LogP contribution in [0, 0.1) is 0 Å². The Balaban J connectivity index is 1.87. The number of benzene rings is 1. The fraction of sp³-hybridized carbons (Fsp3) is 0.375. The number of nitrogens with zero attached hydrogens (tertiary/aromatic N) is 3. The highest BCUT2D eigenvalue weighted by atomic mass is 16.5. The molecule has 0 fully saturated rings. The second-order valence-electron chi connectivity index (χ2n) is 7.44. The van der Waals surface area contributed by atoms with Crippen molar-refractivity contribution in [1.29, 1.82) is 0 Å². The maximum Gasteiger partial charge on any atom is 0.253 e. The molecule has 0 aliphatic rings. The molecular formula is C24H30N4O3. The highest BCUT2D eigenvalue weighted by molar-refractivity contribution is 5.95. The number of carbonyl (C=O) groups excluding carboxylic acids is 2. The summed E-state index contributed by atoms with van der Waals surface area (Å²) < 4.78 is 7.02. The van der Waals surface area contributed by atoms with Crippen molar-refractivity contribution in [3.8, 4) is 5.75 Å². The Labute approximate surface area is 183 Å². The van der Waals surface area contributed by atoms with Crippen LogP contribution in [0.2, 0.25) is 0 Å². The highest BCUT2D eigenvalue weighted by Gasteiger charge is 2.21. The number of anilines is 1. The summed E-state index contributed by atoms with van der Waals surface area (Å²) in [5.41, 5.74) is 3.07. The summed E-state index contributed by atoms with van der Waals surface area (Å²) in [6.45, 7) is 6.72. The molecule has 0 unspecified atom stereocenters. The molecule has 31 heavy (non-hydrogen) atoms. The van der Waals surface area contributed by atoms with Gasteiger partial charge in [-0.05, 0) is 42.7 Å². The number of nitrogens with one attached hydrogen (secondary N) is 1. The number of amides is 2. The van der Waals surface area contributed by atoms with E-state index in [-0.39, 0.29) is 11.8 Å². The number of aromatic nitrogens is 2. The average Bonchev–Trinajstić information content (AvgIpc) is 3.15. The normalized spacial score (nSPS) is 10.8. The number of pyridine rings is 1. The molecule has 7 heteroatoms. The molecular weight excluding hydrogens is 392 g/mol. The number of fused-ring (bicyclic) bond motifs is 1. The van der Waals surface area contributed by atoms with Crippen molar-refractivity contribution < 1.29 is 14.3 Å². The topological polar surface area (TPSA) is 75.9 Å². The molecule has 1 aromatic carbocycles. The number of aryl methyl sites for hydroxylation is 1. The van der Waals surface area contributed by atoms with Crippen molar-refractivity contribution in [3.05, 3.63) is 59.4 Å². The molecule has 0 radical (unpaired) electrons. The van der Waals surface area contributed by atoms with Crippen LogP contribution in [0.15, 0.2) is 42.6 Å². The molecule has 0 bridgehead atoms. The van der Waals surface area contributed by atoms with Gasteiger partial charge in [0, 0.05) is 26.2 Å². The minimum atomic E-state index is -0.182. The smallest absolute Gasteiger partial charge is 0.253 e. The third kappa shape index (κ3) is 5.05. The fourth-order valence-corrected chi connectivity index (χ4v) is 3.49. The summed E-state index contributed by atoms with van der Waals surface area (Å²) in [7, 11) is 1.62. The van der Waals surface area contributed by atoms with E-state index in [9.17, 15) is 9.59 Å². The molecule has 0 atom stereocenters. The van der Waals surface area contributed by atoms with Crippen LogP contribution in [0.4, 0.5) is 5.82 Å². The minimum absolute atomic E-state index is 0.0284. The highest BCUT2D eigenvalue weighted by Crippen LogP contribution is 2.25. The largest absolute Gasteiger partial charge is 0.497 e. The first-order valence-corrected chi connectivity index (χ1v) is 10.7. The van der Waals surface area contributed by atoms with Gasteiger partial charge in [0.1, 0.15) is 17.2 Å². The Morgan fingerprint density at radius 1 is 1.13 bits per heavy atom. The van der Waals surface area contributed by atoms with Crippen molar-refractivity contribution in [3.63, 3.8) is 0 Å². The average molecular weight is 423 g/mol. The van der Waals surface area contributed by atoms with E-state index < -0.39 is 0 Å². The molecule has 2 heterocycles. The van der Waals surface area contributed by atoms with E-state index in [0.717, 1.165) is 41.3 Å². The van der Waals surface area contributed by atoms with Gasteiger partial charge in [-0.3, -0.25) is 18.9 Å². The van der Waals surface area contributed by atoms with E-state index in [2.05, 4.69) is 17.2 Å². The first kappa shape index (κ1) is 22.3. The SMILES string of the molecule is CCCCN(C(C)=O)c1c(CC)nc2ccc(C(=O)NCc3ccc(OC)cc3)cn12. The number of hydrogen-bond donors (Lipinski definition) is 1. The molecule has 0 aliphatic carbocycles. The van der Waals surface area contributed by atoms with Gasteiger partial charge in [-0.15, -0.1) is 0 Å². The lowest BCUT2D eigenvalue weighted by Crippen LogP contribution is -2.31. The third-order valence-electron chi connectivity index (χ3n) is 5.24. The number of carbonyl (C=O) groups is 2. The Hall–Kier alpha value is -3.35.